The zero-order valence-corrected chi connectivity index (χ0v) is 19.1. The second kappa shape index (κ2) is 8.68. The Kier molecular flexibility index (Phi) is 5.72. The van der Waals surface area contributed by atoms with Gasteiger partial charge in [0.2, 0.25) is 0 Å². The topological polar surface area (TPSA) is 104 Å². The Morgan fingerprint density at radius 3 is 2.88 bits per heavy atom. The molecular weight excluding hydrogens is 442 g/mol. The maximum atomic E-state index is 11.8. The van der Waals surface area contributed by atoms with Gasteiger partial charge in [-0.15, -0.1) is 0 Å². The lowest BCUT2D eigenvalue weighted by molar-refractivity contribution is -0.165. The molecule has 33 heavy (non-hydrogen) atoms. The van der Waals surface area contributed by atoms with Crippen LogP contribution in [0.15, 0.2) is 42.9 Å². The SMILES string of the molecule is COc1c(Nc2cc(Cl)ncc2C(N)=O)cccc1-c1cnn([C@@H]2CC[C@]23CCCCO3)c1. The van der Waals surface area contributed by atoms with Gasteiger partial charge in [-0.3, -0.25) is 9.48 Å². The van der Waals surface area contributed by atoms with E-state index in [-0.39, 0.29) is 22.4 Å². The lowest BCUT2D eigenvalue weighted by Gasteiger charge is -2.51. The summed E-state index contributed by atoms with van der Waals surface area (Å²) in [4.78, 5) is 15.8. The first-order valence-electron chi connectivity index (χ1n) is 11.1. The minimum Gasteiger partial charge on any atom is -0.494 e. The standard InChI is InChI=1S/C24H26ClN5O3/c1-32-22-16(5-4-6-18(22)29-19-11-21(25)27-13-17(19)23(26)31)15-12-28-30(14-15)20-7-9-24(20)8-2-3-10-33-24/h4-6,11-14,20H,2-3,7-10H2,1H3,(H2,26,31)(H,27,29)/t20-,24-/m1/s1. The van der Waals surface area contributed by atoms with E-state index in [0.717, 1.165) is 43.4 Å². The van der Waals surface area contributed by atoms with Gasteiger partial charge in [-0.25, -0.2) is 4.98 Å². The predicted octanol–water partition coefficient (Wildman–Crippen LogP) is 4.72. The van der Waals surface area contributed by atoms with E-state index < -0.39 is 5.91 Å². The van der Waals surface area contributed by atoms with Crippen LogP contribution < -0.4 is 15.8 Å². The van der Waals surface area contributed by atoms with Gasteiger partial charge in [0, 0.05) is 30.1 Å². The highest BCUT2D eigenvalue weighted by molar-refractivity contribution is 6.29. The van der Waals surface area contributed by atoms with Crippen molar-refractivity contribution in [1.82, 2.24) is 14.8 Å². The van der Waals surface area contributed by atoms with Crippen LogP contribution in [-0.4, -0.2) is 40.0 Å². The maximum Gasteiger partial charge on any atom is 0.252 e. The Morgan fingerprint density at radius 1 is 1.30 bits per heavy atom. The smallest absolute Gasteiger partial charge is 0.252 e. The van der Waals surface area contributed by atoms with Crippen molar-refractivity contribution in [3.63, 3.8) is 0 Å². The van der Waals surface area contributed by atoms with Gasteiger partial charge in [0.25, 0.3) is 5.91 Å². The molecule has 5 rings (SSSR count). The molecule has 1 saturated carbocycles. The fourth-order valence-corrected chi connectivity index (χ4v) is 5.07. The first-order chi connectivity index (χ1) is 16.0. The number of rotatable bonds is 6. The average molecular weight is 468 g/mol. The lowest BCUT2D eigenvalue weighted by atomic mass is 9.70. The van der Waals surface area contributed by atoms with Crippen molar-refractivity contribution in [3.05, 3.63) is 53.6 Å². The molecule has 3 heterocycles. The molecule has 3 aromatic rings. The number of hydrogen-bond donors (Lipinski definition) is 2. The fourth-order valence-electron chi connectivity index (χ4n) is 4.91. The van der Waals surface area contributed by atoms with Gasteiger partial charge in [-0.1, -0.05) is 23.7 Å². The second-order valence-electron chi connectivity index (χ2n) is 8.56. The zero-order chi connectivity index (χ0) is 23.0. The molecule has 2 aliphatic rings. The van der Waals surface area contributed by atoms with E-state index in [9.17, 15) is 4.79 Å². The summed E-state index contributed by atoms with van der Waals surface area (Å²) in [5.74, 6) is 0.0232. The number of nitrogens with zero attached hydrogens (tertiary/aromatic N) is 3. The molecule has 1 aliphatic carbocycles. The number of methoxy groups -OCH3 is 1. The van der Waals surface area contributed by atoms with Crippen LogP contribution in [0.25, 0.3) is 11.1 Å². The summed E-state index contributed by atoms with van der Waals surface area (Å²) in [5, 5.41) is 8.15. The third-order valence-corrected chi connectivity index (χ3v) is 6.90. The Labute approximate surface area is 197 Å². The molecule has 0 radical (unpaired) electrons. The van der Waals surface area contributed by atoms with Crippen molar-refractivity contribution in [2.45, 2.75) is 43.7 Å². The van der Waals surface area contributed by atoms with Crippen LogP contribution in [0.3, 0.4) is 0 Å². The number of pyridine rings is 1. The number of aromatic nitrogens is 3. The molecule has 2 atom stereocenters. The van der Waals surface area contributed by atoms with E-state index in [0.29, 0.717) is 17.1 Å². The quantitative estimate of drug-likeness (QED) is 0.508. The number of nitrogens with two attached hydrogens (primary N) is 1. The number of ether oxygens (including phenoxy) is 2. The van der Waals surface area contributed by atoms with Crippen LogP contribution in [0.1, 0.15) is 48.5 Å². The molecule has 0 bridgehead atoms. The van der Waals surface area contributed by atoms with Crippen LogP contribution in [0.2, 0.25) is 5.15 Å². The van der Waals surface area contributed by atoms with Crippen LogP contribution in [0, 0.1) is 0 Å². The van der Waals surface area contributed by atoms with E-state index in [1.54, 1.807) is 13.2 Å². The van der Waals surface area contributed by atoms with Crippen LogP contribution >= 0.6 is 11.6 Å². The summed E-state index contributed by atoms with van der Waals surface area (Å²) in [7, 11) is 1.61. The Balaban J connectivity index is 1.46. The number of carbonyl (C=O) groups excluding carboxylic acids is 1. The molecule has 3 N–H and O–H groups in total. The number of primary amides is 1. The van der Waals surface area contributed by atoms with E-state index in [4.69, 9.17) is 26.8 Å². The monoisotopic (exact) mass is 467 g/mol. The van der Waals surface area contributed by atoms with Crippen molar-refractivity contribution in [2.24, 2.45) is 5.73 Å². The summed E-state index contributed by atoms with van der Waals surface area (Å²) >= 11 is 6.05. The average Bonchev–Trinajstić information content (AvgIpc) is 3.27. The molecule has 1 amide bonds. The molecule has 1 aromatic carbocycles. The normalized spacial score (nSPS) is 22.1. The number of para-hydroxylation sites is 1. The van der Waals surface area contributed by atoms with Crippen molar-refractivity contribution in [1.29, 1.82) is 0 Å². The minimum atomic E-state index is -0.600. The molecule has 9 heteroatoms. The van der Waals surface area contributed by atoms with Crippen molar-refractivity contribution in [3.8, 4) is 16.9 Å². The van der Waals surface area contributed by atoms with Gasteiger partial charge in [0.05, 0.1) is 41.9 Å². The summed E-state index contributed by atoms with van der Waals surface area (Å²) < 4.78 is 14.0. The molecule has 1 aliphatic heterocycles. The number of carbonyl (C=O) groups is 1. The third-order valence-electron chi connectivity index (χ3n) is 6.69. The van der Waals surface area contributed by atoms with Crippen molar-refractivity contribution < 1.29 is 14.3 Å². The largest absolute Gasteiger partial charge is 0.494 e. The van der Waals surface area contributed by atoms with Gasteiger partial charge in [0.15, 0.2) is 0 Å². The van der Waals surface area contributed by atoms with Crippen molar-refractivity contribution >= 4 is 28.9 Å². The molecule has 0 unspecified atom stereocenters. The number of nitrogens with one attached hydrogen (secondary N) is 1. The minimum absolute atomic E-state index is 0.0686. The highest BCUT2D eigenvalue weighted by Gasteiger charge is 2.50. The molecule has 2 fully saturated rings. The van der Waals surface area contributed by atoms with E-state index in [2.05, 4.69) is 21.6 Å². The first kappa shape index (κ1) is 21.7. The molecule has 1 saturated heterocycles. The number of amides is 1. The molecule has 2 aromatic heterocycles. The summed E-state index contributed by atoms with van der Waals surface area (Å²) in [6.07, 6.45) is 10.9. The van der Waals surface area contributed by atoms with Crippen molar-refractivity contribution in [2.75, 3.05) is 19.0 Å². The Morgan fingerprint density at radius 2 is 2.18 bits per heavy atom. The highest BCUT2D eigenvalue weighted by atomic mass is 35.5. The number of hydrogen-bond acceptors (Lipinski definition) is 6. The third kappa shape index (κ3) is 3.94. The van der Waals surface area contributed by atoms with E-state index in [1.165, 1.54) is 12.6 Å². The Bertz CT molecular complexity index is 1190. The molecule has 172 valence electrons. The summed E-state index contributed by atoms with van der Waals surface area (Å²) in [6.45, 7) is 0.832. The summed E-state index contributed by atoms with van der Waals surface area (Å²) in [6, 6.07) is 7.58. The van der Waals surface area contributed by atoms with Crippen LogP contribution in [-0.2, 0) is 4.74 Å². The second-order valence-corrected chi connectivity index (χ2v) is 8.95. The van der Waals surface area contributed by atoms with Gasteiger partial charge < -0.3 is 20.5 Å². The van der Waals surface area contributed by atoms with E-state index in [1.807, 2.05) is 29.1 Å². The summed E-state index contributed by atoms with van der Waals surface area (Å²) in [5.41, 5.74) is 8.62. The molecular formula is C24H26ClN5O3. The number of halogens is 1. The van der Waals surface area contributed by atoms with Gasteiger partial charge in [-0.2, -0.15) is 5.10 Å². The lowest BCUT2D eigenvalue weighted by Crippen LogP contribution is -2.52. The highest BCUT2D eigenvalue weighted by Crippen LogP contribution is 2.50. The van der Waals surface area contributed by atoms with Crippen LogP contribution in [0.5, 0.6) is 5.75 Å². The van der Waals surface area contributed by atoms with E-state index >= 15 is 0 Å². The number of anilines is 2. The predicted molar refractivity (Wildman–Crippen MR) is 126 cm³/mol. The zero-order valence-electron chi connectivity index (χ0n) is 18.4. The van der Waals surface area contributed by atoms with Gasteiger partial charge in [0.1, 0.15) is 10.9 Å². The number of benzene rings is 1. The Hall–Kier alpha value is -3.10. The fraction of sp³-hybridized carbons (Fsp3) is 0.375. The molecule has 8 nitrogen and oxygen atoms in total. The van der Waals surface area contributed by atoms with Gasteiger partial charge in [-0.05, 0) is 44.2 Å². The maximum absolute atomic E-state index is 11.8. The van der Waals surface area contributed by atoms with Crippen LogP contribution in [0.4, 0.5) is 11.4 Å². The molecule has 1 spiro atoms. The first-order valence-corrected chi connectivity index (χ1v) is 11.5. The van der Waals surface area contributed by atoms with Gasteiger partial charge >= 0.3 is 0 Å².